The maximum Gasteiger partial charge on any atom is 0.237 e. The molecule has 1 amide bonds. The quantitative estimate of drug-likeness (QED) is 0.406. The number of nitrogens with two attached hydrogens (primary N) is 1. The van der Waals surface area contributed by atoms with Crippen LogP contribution in [0.5, 0.6) is 0 Å². The third kappa shape index (κ3) is 5.08. The van der Waals surface area contributed by atoms with E-state index < -0.39 is 12.1 Å². The van der Waals surface area contributed by atoms with Crippen LogP contribution in [0.15, 0.2) is 11.8 Å². The highest BCUT2D eigenvalue weighted by molar-refractivity contribution is 5.84. The maximum absolute atomic E-state index is 12.1. The predicted molar refractivity (Wildman–Crippen MR) is 83.1 cm³/mol. The molecule has 7 nitrogen and oxygen atoms in total. The summed E-state index contributed by atoms with van der Waals surface area (Å²) in [6.07, 6.45) is 5.94. The van der Waals surface area contributed by atoms with Crippen molar-refractivity contribution in [3.05, 3.63) is 11.8 Å². The molecule has 4 unspecified atom stereocenters. The molecule has 0 aromatic heterocycles. The van der Waals surface area contributed by atoms with Gasteiger partial charge in [0, 0.05) is 25.7 Å². The second-order valence-electron chi connectivity index (χ2n) is 6.20. The molecule has 2 aliphatic rings. The molecule has 0 radical (unpaired) electrons. The number of aliphatic hydroxyl groups is 1. The van der Waals surface area contributed by atoms with E-state index in [1.807, 2.05) is 0 Å². The Hall–Kier alpha value is -1.44. The van der Waals surface area contributed by atoms with Crippen molar-refractivity contribution in [2.24, 2.45) is 11.7 Å². The fourth-order valence-electron chi connectivity index (χ4n) is 3.00. The number of amides is 1. The Kier molecular flexibility index (Phi) is 6.35. The lowest BCUT2D eigenvalue weighted by Gasteiger charge is -2.24. The predicted octanol–water partition coefficient (Wildman–Crippen LogP) is -0.461. The maximum atomic E-state index is 12.1. The molecule has 1 heterocycles. The van der Waals surface area contributed by atoms with Gasteiger partial charge in [0.05, 0.1) is 17.8 Å². The van der Waals surface area contributed by atoms with Gasteiger partial charge in [-0.15, -0.1) is 0 Å². The first-order valence-electron chi connectivity index (χ1n) is 7.92. The van der Waals surface area contributed by atoms with Crippen molar-refractivity contribution in [2.45, 2.75) is 50.2 Å². The Labute approximate surface area is 130 Å². The number of aliphatic hydroxyl groups excluding tert-OH is 1. The van der Waals surface area contributed by atoms with Crippen LogP contribution in [0.4, 0.5) is 0 Å². The lowest BCUT2D eigenvalue weighted by molar-refractivity contribution is -0.125. The van der Waals surface area contributed by atoms with Gasteiger partial charge in [-0.1, -0.05) is 0 Å². The summed E-state index contributed by atoms with van der Waals surface area (Å²) < 4.78 is 0. The first-order chi connectivity index (χ1) is 10.6. The van der Waals surface area contributed by atoms with Crippen LogP contribution in [-0.4, -0.2) is 48.6 Å². The van der Waals surface area contributed by atoms with Crippen molar-refractivity contribution < 1.29 is 14.7 Å². The minimum atomic E-state index is -0.616. The van der Waals surface area contributed by atoms with Gasteiger partial charge in [-0.05, 0) is 37.7 Å². The molecule has 1 aliphatic heterocycles. The lowest BCUT2D eigenvalue weighted by Crippen LogP contribution is -2.49. The standard InChI is InChI=1S/C15H26N4O3/c16-14(6-11-7-17-9-18-11)15(22)19-12(8-20)5-10-1-3-13(21)4-2-10/h3,8,10-12,14,17-18,21H,1-2,4-7,9,16H2,(H,19,22). The lowest BCUT2D eigenvalue weighted by atomic mass is 9.88. The van der Waals surface area contributed by atoms with Crippen LogP contribution in [0.1, 0.15) is 32.1 Å². The van der Waals surface area contributed by atoms with Gasteiger partial charge in [0.2, 0.25) is 5.91 Å². The van der Waals surface area contributed by atoms with Crippen LogP contribution in [0, 0.1) is 5.92 Å². The Morgan fingerprint density at radius 2 is 2.36 bits per heavy atom. The van der Waals surface area contributed by atoms with Crippen molar-refractivity contribution in [1.29, 1.82) is 0 Å². The zero-order valence-electron chi connectivity index (χ0n) is 12.8. The van der Waals surface area contributed by atoms with E-state index in [1.54, 1.807) is 6.08 Å². The van der Waals surface area contributed by atoms with Crippen LogP contribution in [0.25, 0.3) is 0 Å². The van der Waals surface area contributed by atoms with Crippen LogP contribution in [0.2, 0.25) is 0 Å². The Balaban J connectivity index is 1.76. The third-order valence-corrected chi connectivity index (χ3v) is 4.36. The molecule has 0 saturated carbocycles. The fourth-order valence-corrected chi connectivity index (χ4v) is 3.00. The monoisotopic (exact) mass is 310 g/mol. The largest absolute Gasteiger partial charge is 0.513 e. The number of allylic oxidation sites excluding steroid dienone is 2. The van der Waals surface area contributed by atoms with Crippen molar-refractivity contribution in [2.75, 3.05) is 13.2 Å². The molecule has 7 heteroatoms. The van der Waals surface area contributed by atoms with Crippen molar-refractivity contribution in [1.82, 2.24) is 16.0 Å². The molecule has 0 bridgehead atoms. The number of carbonyl (C=O) groups excluding carboxylic acids is 2. The zero-order valence-corrected chi connectivity index (χ0v) is 12.8. The summed E-state index contributed by atoms with van der Waals surface area (Å²) in [5.74, 6) is 0.450. The topological polar surface area (TPSA) is 116 Å². The van der Waals surface area contributed by atoms with Crippen LogP contribution >= 0.6 is 0 Å². The van der Waals surface area contributed by atoms with E-state index in [1.165, 1.54) is 0 Å². The van der Waals surface area contributed by atoms with Crippen molar-refractivity contribution in [3.8, 4) is 0 Å². The molecular formula is C15H26N4O3. The molecule has 0 aromatic rings. The molecule has 0 spiro atoms. The Morgan fingerprint density at radius 1 is 1.55 bits per heavy atom. The zero-order chi connectivity index (χ0) is 15.9. The first kappa shape index (κ1) is 16.9. The summed E-state index contributed by atoms with van der Waals surface area (Å²) in [7, 11) is 0. The number of nitrogens with one attached hydrogen (secondary N) is 3. The molecule has 1 aliphatic carbocycles. The van der Waals surface area contributed by atoms with E-state index >= 15 is 0 Å². The summed E-state index contributed by atoms with van der Waals surface area (Å²) in [6, 6.07) is -0.927. The van der Waals surface area contributed by atoms with Gasteiger partial charge in [-0.25, -0.2) is 0 Å². The minimum absolute atomic E-state index is 0.196. The van der Waals surface area contributed by atoms with Gasteiger partial charge in [-0.3, -0.25) is 4.79 Å². The number of rotatable bonds is 7. The average Bonchev–Trinajstić information content (AvgIpc) is 3.01. The molecular weight excluding hydrogens is 284 g/mol. The molecule has 124 valence electrons. The number of hydrogen-bond acceptors (Lipinski definition) is 6. The van der Waals surface area contributed by atoms with Crippen LogP contribution < -0.4 is 21.7 Å². The van der Waals surface area contributed by atoms with Gasteiger partial charge in [0.25, 0.3) is 0 Å². The molecule has 4 atom stereocenters. The summed E-state index contributed by atoms with van der Waals surface area (Å²) in [5, 5.41) is 18.5. The summed E-state index contributed by atoms with van der Waals surface area (Å²) in [4.78, 5) is 23.3. The summed E-state index contributed by atoms with van der Waals surface area (Å²) >= 11 is 0. The van der Waals surface area contributed by atoms with E-state index in [0.29, 0.717) is 30.9 Å². The van der Waals surface area contributed by atoms with E-state index in [0.717, 1.165) is 32.3 Å². The van der Waals surface area contributed by atoms with Gasteiger partial charge in [0.15, 0.2) is 0 Å². The highest BCUT2D eigenvalue weighted by Crippen LogP contribution is 2.25. The fraction of sp³-hybridized carbons (Fsp3) is 0.733. The third-order valence-electron chi connectivity index (χ3n) is 4.36. The average molecular weight is 310 g/mol. The van der Waals surface area contributed by atoms with Crippen molar-refractivity contribution >= 4 is 12.2 Å². The molecule has 1 fully saturated rings. The highest BCUT2D eigenvalue weighted by Gasteiger charge is 2.25. The van der Waals surface area contributed by atoms with Gasteiger partial charge in [0.1, 0.15) is 6.29 Å². The summed E-state index contributed by atoms with van der Waals surface area (Å²) in [6.45, 7) is 1.54. The number of aldehydes is 1. The SMILES string of the molecule is NC(CC1CNCN1)C(=O)NC(C=O)CC1CC=C(O)CC1. The second kappa shape index (κ2) is 8.26. The van der Waals surface area contributed by atoms with Gasteiger partial charge < -0.3 is 31.6 Å². The first-order valence-corrected chi connectivity index (χ1v) is 7.92. The minimum Gasteiger partial charge on any atom is -0.513 e. The van der Waals surface area contributed by atoms with Crippen LogP contribution in [-0.2, 0) is 9.59 Å². The molecule has 0 aromatic carbocycles. The van der Waals surface area contributed by atoms with E-state index in [9.17, 15) is 14.7 Å². The number of hydrogen-bond donors (Lipinski definition) is 5. The van der Waals surface area contributed by atoms with Gasteiger partial charge >= 0.3 is 0 Å². The number of carbonyl (C=O) groups is 2. The molecule has 2 rings (SSSR count). The van der Waals surface area contributed by atoms with Gasteiger partial charge in [-0.2, -0.15) is 0 Å². The Morgan fingerprint density at radius 3 is 2.95 bits per heavy atom. The smallest absolute Gasteiger partial charge is 0.237 e. The second-order valence-corrected chi connectivity index (χ2v) is 6.20. The van der Waals surface area contributed by atoms with Crippen molar-refractivity contribution in [3.63, 3.8) is 0 Å². The highest BCUT2D eigenvalue weighted by atomic mass is 16.3. The Bertz CT molecular complexity index is 421. The van der Waals surface area contributed by atoms with E-state index in [4.69, 9.17) is 5.73 Å². The van der Waals surface area contributed by atoms with Crippen LogP contribution in [0.3, 0.4) is 0 Å². The van der Waals surface area contributed by atoms with E-state index in [2.05, 4.69) is 16.0 Å². The molecule has 6 N–H and O–H groups in total. The summed E-state index contributed by atoms with van der Waals surface area (Å²) in [5.41, 5.74) is 5.91. The van der Waals surface area contributed by atoms with E-state index in [-0.39, 0.29) is 11.9 Å². The normalized spacial score (nSPS) is 27.8. The molecule has 22 heavy (non-hydrogen) atoms. The molecule has 1 saturated heterocycles.